The third-order valence-corrected chi connectivity index (χ3v) is 1.66. The molecule has 0 aliphatic carbocycles. The first-order valence-electron chi connectivity index (χ1n) is 3.04. The van der Waals surface area contributed by atoms with Gasteiger partial charge in [-0.2, -0.15) is 0 Å². The Hall–Kier alpha value is -0.790. The predicted molar refractivity (Wildman–Crippen MR) is 37.4 cm³/mol. The van der Waals surface area contributed by atoms with Crippen molar-refractivity contribution in [2.45, 2.75) is 13.8 Å². The minimum absolute atomic E-state index is 0.384. The van der Waals surface area contributed by atoms with Gasteiger partial charge in [-0.1, -0.05) is 0 Å². The van der Waals surface area contributed by atoms with E-state index in [1.807, 2.05) is 6.20 Å². The van der Waals surface area contributed by atoms with E-state index in [1.54, 1.807) is 7.11 Å². The topological polar surface area (TPSA) is 21.6 Å². The van der Waals surface area contributed by atoms with Crippen molar-refractivity contribution in [1.82, 2.24) is 0 Å². The average molecular weight is 125 g/mol. The molecule has 2 heteroatoms. The van der Waals surface area contributed by atoms with Crippen molar-refractivity contribution in [3.63, 3.8) is 0 Å². The Kier molecular flexibility index (Phi) is 1.56. The molecule has 0 radical (unpaired) electrons. The molecule has 1 aliphatic heterocycles. The molecule has 0 saturated heterocycles. The molecule has 1 rings (SSSR count). The highest BCUT2D eigenvalue weighted by Gasteiger charge is 2.16. The maximum Gasteiger partial charge on any atom is 0.194 e. The van der Waals surface area contributed by atoms with Crippen LogP contribution in [-0.4, -0.2) is 13.0 Å². The van der Waals surface area contributed by atoms with Crippen LogP contribution in [0.15, 0.2) is 16.8 Å². The number of hydrogen-bond acceptors (Lipinski definition) is 2. The van der Waals surface area contributed by atoms with E-state index in [2.05, 4.69) is 18.8 Å². The second kappa shape index (κ2) is 2.21. The maximum atomic E-state index is 4.99. The summed E-state index contributed by atoms with van der Waals surface area (Å²) in [6.45, 7) is 4.14. The predicted octanol–water partition coefficient (Wildman–Crippen LogP) is 1.58. The Morgan fingerprint density at radius 2 is 2.33 bits per heavy atom. The second-order valence-corrected chi connectivity index (χ2v) is 2.27. The molecule has 1 heterocycles. The third-order valence-electron chi connectivity index (χ3n) is 1.66. The number of methoxy groups -OCH3 is 1. The monoisotopic (exact) mass is 125 g/mol. The first kappa shape index (κ1) is 6.33. The van der Waals surface area contributed by atoms with Gasteiger partial charge in [0, 0.05) is 6.20 Å². The number of nitrogens with zero attached hydrogens (tertiary/aromatic N) is 1. The van der Waals surface area contributed by atoms with Crippen LogP contribution in [0.2, 0.25) is 0 Å². The fourth-order valence-electron chi connectivity index (χ4n) is 0.813. The van der Waals surface area contributed by atoms with Crippen LogP contribution in [0.1, 0.15) is 13.8 Å². The summed E-state index contributed by atoms with van der Waals surface area (Å²) < 4.78 is 4.99. The molecule has 0 aromatic rings. The van der Waals surface area contributed by atoms with Gasteiger partial charge in [-0.25, -0.2) is 4.99 Å². The number of rotatable bonds is 0. The van der Waals surface area contributed by atoms with E-state index in [0.717, 1.165) is 5.90 Å². The van der Waals surface area contributed by atoms with Crippen LogP contribution in [0.25, 0.3) is 0 Å². The SMILES string of the molecule is COC1=NC=C(C)C1C. The average Bonchev–Trinajstić information content (AvgIpc) is 2.15. The van der Waals surface area contributed by atoms with Crippen LogP contribution < -0.4 is 0 Å². The molecule has 0 aromatic heterocycles. The zero-order chi connectivity index (χ0) is 6.85. The quantitative estimate of drug-likeness (QED) is 0.481. The molecule has 9 heavy (non-hydrogen) atoms. The van der Waals surface area contributed by atoms with Crippen molar-refractivity contribution in [2.24, 2.45) is 10.9 Å². The van der Waals surface area contributed by atoms with Gasteiger partial charge >= 0.3 is 0 Å². The van der Waals surface area contributed by atoms with Crippen molar-refractivity contribution in [3.05, 3.63) is 11.8 Å². The van der Waals surface area contributed by atoms with E-state index < -0.39 is 0 Å². The van der Waals surface area contributed by atoms with Crippen molar-refractivity contribution < 1.29 is 4.74 Å². The number of hydrogen-bond donors (Lipinski definition) is 0. The normalized spacial score (nSPS) is 25.4. The van der Waals surface area contributed by atoms with Gasteiger partial charge in [0.05, 0.1) is 13.0 Å². The highest BCUT2D eigenvalue weighted by Crippen LogP contribution is 2.18. The minimum Gasteiger partial charge on any atom is -0.484 e. The summed E-state index contributed by atoms with van der Waals surface area (Å²) in [6, 6.07) is 0. The summed E-state index contributed by atoms with van der Waals surface area (Å²) >= 11 is 0. The summed E-state index contributed by atoms with van der Waals surface area (Å²) in [6.07, 6.45) is 1.85. The minimum atomic E-state index is 0.384. The Balaban J connectivity index is 2.67. The fraction of sp³-hybridized carbons (Fsp3) is 0.571. The summed E-state index contributed by atoms with van der Waals surface area (Å²) in [5.74, 6) is 1.21. The van der Waals surface area contributed by atoms with Crippen molar-refractivity contribution in [1.29, 1.82) is 0 Å². The Bertz CT molecular complexity index is 170. The molecule has 0 spiro atoms. The van der Waals surface area contributed by atoms with Crippen LogP contribution in [0.4, 0.5) is 0 Å². The van der Waals surface area contributed by atoms with Crippen LogP contribution in [0, 0.1) is 5.92 Å². The lowest BCUT2D eigenvalue weighted by atomic mass is 10.1. The molecule has 0 N–H and O–H groups in total. The standard InChI is InChI=1S/C7H11NO/c1-5-4-8-7(9-3)6(5)2/h4,6H,1-3H3. The van der Waals surface area contributed by atoms with Gasteiger partial charge in [-0.05, 0) is 19.4 Å². The molecule has 1 aliphatic rings. The summed E-state index contributed by atoms with van der Waals surface area (Å²) in [5.41, 5.74) is 1.27. The van der Waals surface area contributed by atoms with Gasteiger partial charge in [0.15, 0.2) is 5.90 Å². The van der Waals surface area contributed by atoms with E-state index in [0.29, 0.717) is 5.92 Å². The molecule has 2 nitrogen and oxygen atoms in total. The summed E-state index contributed by atoms with van der Waals surface area (Å²) in [7, 11) is 1.65. The molecule has 1 unspecified atom stereocenters. The first-order valence-corrected chi connectivity index (χ1v) is 3.04. The van der Waals surface area contributed by atoms with Gasteiger partial charge in [0.1, 0.15) is 0 Å². The Labute approximate surface area is 55.2 Å². The second-order valence-electron chi connectivity index (χ2n) is 2.27. The largest absolute Gasteiger partial charge is 0.484 e. The van der Waals surface area contributed by atoms with E-state index >= 15 is 0 Å². The van der Waals surface area contributed by atoms with Gasteiger partial charge in [0.2, 0.25) is 0 Å². The van der Waals surface area contributed by atoms with Crippen LogP contribution >= 0.6 is 0 Å². The van der Waals surface area contributed by atoms with Gasteiger partial charge in [0.25, 0.3) is 0 Å². The molecule has 50 valence electrons. The van der Waals surface area contributed by atoms with Crippen LogP contribution in [0.5, 0.6) is 0 Å². The van der Waals surface area contributed by atoms with Crippen LogP contribution in [0.3, 0.4) is 0 Å². The molecule has 0 saturated carbocycles. The third kappa shape index (κ3) is 0.969. The summed E-state index contributed by atoms with van der Waals surface area (Å²) in [4.78, 5) is 4.05. The Morgan fingerprint density at radius 3 is 2.56 bits per heavy atom. The smallest absolute Gasteiger partial charge is 0.194 e. The molecular weight excluding hydrogens is 114 g/mol. The lowest BCUT2D eigenvalue weighted by molar-refractivity contribution is 0.382. The lowest BCUT2D eigenvalue weighted by Crippen LogP contribution is -2.09. The van der Waals surface area contributed by atoms with Crippen molar-refractivity contribution in [3.8, 4) is 0 Å². The maximum absolute atomic E-state index is 4.99. The summed E-state index contributed by atoms with van der Waals surface area (Å²) in [5, 5.41) is 0. The highest BCUT2D eigenvalue weighted by atomic mass is 16.5. The zero-order valence-corrected chi connectivity index (χ0v) is 6.01. The molecular formula is C7H11NO. The van der Waals surface area contributed by atoms with Gasteiger partial charge in [-0.15, -0.1) is 0 Å². The van der Waals surface area contributed by atoms with E-state index in [9.17, 15) is 0 Å². The Morgan fingerprint density at radius 1 is 1.67 bits per heavy atom. The molecule has 0 aromatic carbocycles. The molecule has 0 bridgehead atoms. The zero-order valence-electron chi connectivity index (χ0n) is 6.01. The number of aliphatic imine (C=N–C) groups is 1. The first-order chi connectivity index (χ1) is 4.25. The van der Waals surface area contributed by atoms with Crippen molar-refractivity contribution in [2.75, 3.05) is 7.11 Å². The van der Waals surface area contributed by atoms with E-state index in [-0.39, 0.29) is 0 Å². The highest BCUT2D eigenvalue weighted by molar-refractivity contribution is 5.83. The fourth-order valence-corrected chi connectivity index (χ4v) is 0.813. The van der Waals surface area contributed by atoms with Crippen molar-refractivity contribution >= 4 is 5.90 Å². The lowest BCUT2D eigenvalue weighted by Gasteiger charge is -2.05. The molecule has 0 fully saturated rings. The van der Waals surface area contributed by atoms with E-state index in [1.165, 1.54) is 5.57 Å². The van der Waals surface area contributed by atoms with Gasteiger partial charge in [-0.3, -0.25) is 0 Å². The van der Waals surface area contributed by atoms with Crippen LogP contribution in [-0.2, 0) is 4.74 Å². The van der Waals surface area contributed by atoms with E-state index in [4.69, 9.17) is 4.74 Å². The molecule has 0 amide bonds. The molecule has 1 atom stereocenters. The van der Waals surface area contributed by atoms with Gasteiger partial charge < -0.3 is 4.74 Å². The number of ether oxygens (including phenoxy) is 1.